The zero-order chi connectivity index (χ0) is 12.3. The summed E-state index contributed by atoms with van der Waals surface area (Å²) in [7, 11) is 1.66. The van der Waals surface area contributed by atoms with Crippen LogP contribution in [-0.4, -0.2) is 21.7 Å². The zero-order valence-corrected chi connectivity index (χ0v) is 10.8. The van der Waals surface area contributed by atoms with E-state index in [0.717, 1.165) is 28.3 Å². The molecule has 0 aromatic carbocycles. The quantitative estimate of drug-likeness (QED) is 0.743. The molecule has 88 valence electrons. The summed E-state index contributed by atoms with van der Waals surface area (Å²) in [4.78, 5) is 4.38. The van der Waals surface area contributed by atoms with Crippen molar-refractivity contribution in [1.82, 2.24) is 14.6 Å². The van der Waals surface area contributed by atoms with E-state index in [2.05, 4.69) is 10.1 Å². The highest BCUT2D eigenvalue weighted by Gasteiger charge is 2.12. The number of methoxy groups -OCH3 is 1. The lowest BCUT2D eigenvalue weighted by molar-refractivity contribution is 0.416. The number of hydrogen-bond acceptors (Lipinski definition) is 3. The van der Waals surface area contributed by atoms with Crippen molar-refractivity contribution in [3.05, 3.63) is 23.3 Å². The molecule has 0 spiro atoms. The lowest BCUT2D eigenvalue weighted by Gasteiger charge is -2.01. The van der Waals surface area contributed by atoms with Crippen molar-refractivity contribution in [2.75, 3.05) is 7.11 Å². The summed E-state index contributed by atoms with van der Waals surface area (Å²) >= 11 is 0. The van der Waals surface area contributed by atoms with Crippen LogP contribution in [0.15, 0.2) is 6.20 Å². The molecule has 0 aliphatic rings. The molecule has 0 amide bonds. The van der Waals surface area contributed by atoms with Crippen molar-refractivity contribution in [2.45, 2.75) is 34.6 Å². The van der Waals surface area contributed by atoms with Gasteiger partial charge in [0.2, 0.25) is 0 Å². The summed E-state index contributed by atoms with van der Waals surface area (Å²) in [6.07, 6.45) is 1.90. The fourth-order valence-electron chi connectivity index (χ4n) is 1.72. The summed E-state index contributed by atoms with van der Waals surface area (Å²) in [5, 5.41) is 4.36. The zero-order valence-electron chi connectivity index (χ0n) is 10.8. The molecular weight excluding hydrogens is 202 g/mol. The molecule has 2 rings (SSSR count). The average molecular weight is 221 g/mol. The maximum absolute atomic E-state index is 5.30. The van der Waals surface area contributed by atoms with Crippen LogP contribution in [0.5, 0.6) is 5.75 Å². The molecule has 4 heteroatoms. The Bertz CT molecular complexity index is 488. The first-order valence-corrected chi connectivity index (χ1v) is 5.50. The second-order valence-electron chi connectivity index (χ2n) is 3.38. The van der Waals surface area contributed by atoms with Crippen LogP contribution in [0.4, 0.5) is 0 Å². The van der Waals surface area contributed by atoms with Crippen LogP contribution in [-0.2, 0) is 0 Å². The average Bonchev–Trinajstić information content (AvgIpc) is 2.56. The van der Waals surface area contributed by atoms with E-state index in [0.29, 0.717) is 0 Å². The van der Waals surface area contributed by atoms with Crippen LogP contribution >= 0.6 is 0 Å². The molecule has 0 aliphatic carbocycles. The van der Waals surface area contributed by atoms with E-state index in [1.807, 2.05) is 45.3 Å². The SMILES string of the molecule is CC.COc1c(C)nn2cc(C)nc(C)c12. The number of hydrogen-bond donors (Lipinski definition) is 0. The van der Waals surface area contributed by atoms with Gasteiger partial charge in [-0.3, -0.25) is 4.98 Å². The molecule has 0 aliphatic heterocycles. The van der Waals surface area contributed by atoms with E-state index in [9.17, 15) is 0 Å². The van der Waals surface area contributed by atoms with Crippen LogP contribution in [0, 0.1) is 20.8 Å². The maximum atomic E-state index is 5.30. The van der Waals surface area contributed by atoms with E-state index < -0.39 is 0 Å². The third-order valence-electron chi connectivity index (χ3n) is 2.23. The molecule has 0 unspecified atom stereocenters. The fourth-order valence-corrected chi connectivity index (χ4v) is 1.72. The van der Waals surface area contributed by atoms with Gasteiger partial charge in [-0.05, 0) is 20.8 Å². The Labute approximate surface area is 96.3 Å². The van der Waals surface area contributed by atoms with Gasteiger partial charge in [-0.1, -0.05) is 13.8 Å². The Hall–Kier alpha value is -1.58. The number of nitrogens with zero attached hydrogens (tertiary/aromatic N) is 3. The Morgan fingerprint density at radius 1 is 1.12 bits per heavy atom. The molecule has 16 heavy (non-hydrogen) atoms. The van der Waals surface area contributed by atoms with E-state index in [1.165, 1.54) is 0 Å². The summed E-state index contributed by atoms with van der Waals surface area (Å²) in [6.45, 7) is 9.85. The Kier molecular flexibility index (Phi) is 3.88. The van der Waals surface area contributed by atoms with E-state index in [1.54, 1.807) is 7.11 Å². The van der Waals surface area contributed by atoms with Crippen LogP contribution in [0.1, 0.15) is 30.9 Å². The van der Waals surface area contributed by atoms with Gasteiger partial charge in [0.1, 0.15) is 11.2 Å². The van der Waals surface area contributed by atoms with Crippen molar-refractivity contribution < 1.29 is 4.74 Å². The normalized spacial score (nSPS) is 9.88. The lowest BCUT2D eigenvalue weighted by atomic mass is 10.3. The number of aryl methyl sites for hydroxylation is 3. The lowest BCUT2D eigenvalue weighted by Crippen LogP contribution is -1.96. The minimum atomic E-state index is 0.815. The van der Waals surface area contributed by atoms with Gasteiger partial charge in [-0.25, -0.2) is 4.52 Å². The Morgan fingerprint density at radius 2 is 1.75 bits per heavy atom. The van der Waals surface area contributed by atoms with Crippen molar-refractivity contribution >= 4 is 5.52 Å². The minimum Gasteiger partial charge on any atom is -0.492 e. The van der Waals surface area contributed by atoms with Crippen LogP contribution in [0.25, 0.3) is 5.52 Å². The van der Waals surface area contributed by atoms with Gasteiger partial charge >= 0.3 is 0 Å². The van der Waals surface area contributed by atoms with E-state index in [4.69, 9.17) is 4.74 Å². The van der Waals surface area contributed by atoms with Crippen LogP contribution in [0.3, 0.4) is 0 Å². The standard InChI is InChI=1S/C10H13N3O.C2H6/c1-6-5-13-9(7(2)11-6)10(14-4)8(3)12-13;1-2/h5H,1-4H3;1-2H3. The highest BCUT2D eigenvalue weighted by molar-refractivity contribution is 5.65. The summed E-state index contributed by atoms with van der Waals surface area (Å²) in [5.74, 6) is 0.815. The topological polar surface area (TPSA) is 39.4 Å². The van der Waals surface area contributed by atoms with Gasteiger partial charge in [0.15, 0.2) is 5.75 Å². The molecular formula is C12H19N3O. The van der Waals surface area contributed by atoms with Gasteiger partial charge in [0.05, 0.1) is 24.7 Å². The molecule has 2 heterocycles. The van der Waals surface area contributed by atoms with Gasteiger partial charge in [0.25, 0.3) is 0 Å². The number of ether oxygens (including phenoxy) is 1. The number of aromatic nitrogens is 3. The van der Waals surface area contributed by atoms with E-state index >= 15 is 0 Å². The molecule has 0 fully saturated rings. The summed E-state index contributed by atoms with van der Waals surface area (Å²) in [6, 6.07) is 0. The smallest absolute Gasteiger partial charge is 0.169 e. The molecule has 0 N–H and O–H groups in total. The third-order valence-corrected chi connectivity index (χ3v) is 2.23. The first-order valence-electron chi connectivity index (χ1n) is 5.50. The van der Waals surface area contributed by atoms with Gasteiger partial charge in [-0.2, -0.15) is 5.10 Å². The molecule has 2 aromatic rings. The van der Waals surface area contributed by atoms with Gasteiger partial charge in [0, 0.05) is 0 Å². The highest BCUT2D eigenvalue weighted by Crippen LogP contribution is 2.25. The van der Waals surface area contributed by atoms with Gasteiger partial charge in [-0.15, -0.1) is 0 Å². The highest BCUT2D eigenvalue weighted by atomic mass is 16.5. The number of fused-ring (bicyclic) bond motifs is 1. The van der Waals surface area contributed by atoms with E-state index in [-0.39, 0.29) is 0 Å². The predicted molar refractivity (Wildman–Crippen MR) is 65.1 cm³/mol. The molecule has 4 nitrogen and oxygen atoms in total. The first kappa shape index (κ1) is 12.5. The first-order chi connectivity index (χ1) is 7.63. The van der Waals surface area contributed by atoms with Crippen molar-refractivity contribution in [3.8, 4) is 5.75 Å². The third kappa shape index (κ3) is 2.01. The molecule has 0 saturated heterocycles. The second-order valence-corrected chi connectivity index (χ2v) is 3.38. The second kappa shape index (κ2) is 4.96. The monoisotopic (exact) mass is 221 g/mol. The van der Waals surface area contributed by atoms with Crippen molar-refractivity contribution in [3.63, 3.8) is 0 Å². The number of rotatable bonds is 1. The van der Waals surface area contributed by atoms with Gasteiger partial charge < -0.3 is 4.74 Å². The van der Waals surface area contributed by atoms with Crippen LogP contribution in [0.2, 0.25) is 0 Å². The molecule has 2 aromatic heterocycles. The minimum absolute atomic E-state index is 0.815. The molecule has 0 atom stereocenters. The molecule has 0 radical (unpaired) electrons. The van der Waals surface area contributed by atoms with Crippen LogP contribution < -0.4 is 4.74 Å². The Balaban J connectivity index is 0.000000606. The molecule has 0 bridgehead atoms. The van der Waals surface area contributed by atoms with Crippen molar-refractivity contribution in [2.24, 2.45) is 0 Å². The molecule has 0 saturated carbocycles. The predicted octanol–water partition coefficient (Wildman–Crippen LogP) is 2.69. The summed E-state index contributed by atoms with van der Waals surface area (Å²) < 4.78 is 7.12. The summed E-state index contributed by atoms with van der Waals surface area (Å²) in [5.41, 5.74) is 3.75. The fraction of sp³-hybridized carbons (Fsp3) is 0.500. The van der Waals surface area contributed by atoms with Crippen molar-refractivity contribution in [1.29, 1.82) is 0 Å². The largest absolute Gasteiger partial charge is 0.492 e. The maximum Gasteiger partial charge on any atom is 0.169 e. The Morgan fingerprint density at radius 3 is 2.31 bits per heavy atom.